The second-order valence-corrected chi connectivity index (χ2v) is 9.42. The number of likely N-dealkylation sites (N-methyl/N-ethyl adjacent to an activating group) is 1. The predicted molar refractivity (Wildman–Crippen MR) is 141 cm³/mol. The van der Waals surface area contributed by atoms with Crippen LogP contribution in [0.1, 0.15) is 56.0 Å². The van der Waals surface area contributed by atoms with Crippen molar-refractivity contribution in [1.82, 2.24) is 14.7 Å². The number of carbonyl (C=O) groups is 1. The third-order valence-corrected chi connectivity index (χ3v) is 6.99. The standard InChI is InChI=1S/C28H40ClN3O2/c1-4-7-8-27(32-21-19-31(20-22-32)18-17-30(5-2)6-3)34-26-15-11-24(12-16-26)28(33)23-9-13-25(29)14-10-23/h9-16,27H,4-8,17-22H2,1-3H3. The molecule has 0 amide bonds. The molecule has 1 aliphatic heterocycles. The molecule has 0 radical (unpaired) electrons. The molecule has 0 aliphatic carbocycles. The average Bonchev–Trinajstić information content (AvgIpc) is 2.88. The fraction of sp³-hybridized carbons (Fsp3) is 0.536. The average molecular weight is 486 g/mol. The summed E-state index contributed by atoms with van der Waals surface area (Å²) < 4.78 is 6.45. The molecule has 0 spiro atoms. The number of ketones is 1. The summed E-state index contributed by atoms with van der Waals surface area (Å²) in [5.74, 6) is 0.810. The molecule has 2 aromatic carbocycles. The Hall–Kier alpha value is -1.92. The van der Waals surface area contributed by atoms with Gasteiger partial charge in [-0.15, -0.1) is 0 Å². The molecule has 1 unspecified atom stereocenters. The molecule has 0 saturated carbocycles. The van der Waals surface area contributed by atoms with Gasteiger partial charge < -0.3 is 9.64 Å². The van der Waals surface area contributed by atoms with E-state index in [1.807, 2.05) is 24.3 Å². The van der Waals surface area contributed by atoms with Crippen molar-refractivity contribution < 1.29 is 9.53 Å². The molecule has 1 aliphatic rings. The maximum atomic E-state index is 12.7. The summed E-state index contributed by atoms with van der Waals surface area (Å²) in [6.45, 7) is 15.4. The fourth-order valence-electron chi connectivity index (χ4n) is 4.40. The summed E-state index contributed by atoms with van der Waals surface area (Å²) in [6, 6.07) is 14.6. The first-order valence-corrected chi connectivity index (χ1v) is 13.2. The Kier molecular flexibility index (Phi) is 10.9. The van der Waals surface area contributed by atoms with Crippen LogP contribution in [0.2, 0.25) is 5.02 Å². The number of rotatable bonds is 13. The van der Waals surface area contributed by atoms with Crippen molar-refractivity contribution in [3.8, 4) is 5.75 Å². The fourth-order valence-corrected chi connectivity index (χ4v) is 4.53. The van der Waals surface area contributed by atoms with Gasteiger partial charge in [0.15, 0.2) is 12.0 Å². The molecule has 1 fully saturated rings. The third-order valence-electron chi connectivity index (χ3n) is 6.74. The molecule has 1 heterocycles. The lowest BCUT2D eigenvalue weighted by molar-refractivity contribution is -0.0149. The maximum Gasteiger partial charge on any atom is 0.193 e. The molecule has 2 aromatic rings. The number of hydrogen-bond acceptors (Lipinski definition) is 5. The van der Waals surface area contributed by atoms with Crippen molar-refractivity contribution in [2.24, 2.45) is 0 Å². The van der Waals surface area contributed by atoms with Crippen LogP contribution in [-0.2, 0) is 0 Å². The van der Waals surface area contributed by atoms with E-state index < -0.39 is 0 Å². The van der Waals surface area contributed by atoms with Crippen molar-refractivity contribution in [1.29, 1.82) is 0 Å². The van der Waals surface area contributed by atoms with Gasteiger partial charge in [-0.3, -0.25) is 14.6 Å². The zero-order valence-electron chi connectivity index (χ0n) is 21.0. The minimum Gasteiger partial charge on any atom is -0.475 e. The van der Waals surface area contributed by atoms with Gasteiger partial charge in [0, 0.05) is 55.4 Å². The molecule has 0 aromatic heterocycles. The van der Waals surface area contributed by atoms with Crippen LogP contribution < -0.4 is 4.74 Å². The summed E-state index contributed by atoms with van der Waals surface area (Å²) in [6.07, 6.45) is 3.38. The van der Waals surface area contributed by atoms with Crippen molar-refractivity contribution in [3.63, 3.8) is 0 Å². The first-order valence-electron chi connectivity index (χ1n) is 12.8. The highest BCUT2D eigenvalue weighted by Gasteiger charge is 2.25. The summed E-state index contributed by atoms with van der Waals surface area (Å²) in [4.78, 5) is 20.3. The van der Waals surface area contributed by atoms with E-state index in [0.29, 0.717) is 16.1 Å². The molecule has 0 bridgehead atoms. The lowest BCUT2D eigenvalue weighted by atomic mass is 10.0. The Morgan fingerprint density at radius 1 is 0.941 bits per heavy atom. The molecule has 3 rings (SSSR count). The number of nitrogens with zero attached hydrogens (tertiary/aromatic N) is 3. The van der Waals surface area contributed by atoms with Gasteiger partial charge in [-0.2, -0.15) is 0 Å². The van der Waals surface area contributed by atoms with Crippen molar-refractivity contribution >= 4 is 17.4 Å². The predicted octanol–water partition coefficient (Wildman–Crippen LogP) is 5.43. The Morgan fingerprint density at radius 2 is 1.53 bits per heavy atom. The van der Waals surface area contributed by atoms with Crippen LogP contribution in [0.15, 0.2) is 48.5 Å². The Bertz CT molecular complexity index is 860. The van der Waals surface area contributed by atoms with Gasteiger partial charge in [0.05, 0.1) is 0 Å². The van der Waals surface area contributed by atoms with Crippen LogP contribution in [0, 0.1) is 0 Å². The number of unbranched alkanes of at least 4 members (excludes halogenated alkanes) is 1. The number of carbonyl (C=O) groups excluding carboxylic acids is 1. The summed E-state index contributed by atoms with van der Waals surface area (Å²) >= 11 is 5.94. The topological polar surface area (TPSA) is 36.0 Å². The molecule has 34 heavy (non-hydrogen) atoms. The van der Waals surface area contributed by atoms with Gasteiger partial charge >= 0.3 is 0 Å². The minimum absolute atomic E-state index is 0.00779. The van der Waals surface area contributed by atoms with E-state index in [2.05, 4.69) is 35.5 Å². The van der Waals surface area contributed by atoms with Crippen molar-refractivity contribution in [2.75, 3.05) is 52.4 Å². The zero-order chi connectivity index (χ0) is 24.3. The van der Waals surface area contributed by atoms with E-state index in [-0.39, 0.29) is 12.0 Å². The highest BCUT2D eigenvalue weighted by atomic mass is 35.5. The van der Waals surface area contributed by atoms with Crippen LogP contribution in [0.4, 0.5) is 0 Å². The second kappa shape index (κ2) is 13.8. The third kappa shape index (κ3) is 7.81. The van der Waals surface area contributed by atoms with E-state index in [4.69, 9.17) is 16.3 Å². The van der Waals surface area contributed by atoms with E-state index in [1.54, 1.807) is 24.3 Å². The largest absolute Gasteiger partial charge is 0.475 e. The SMILES string of the molecule is CCCCC(Oc1ccc(C(=O)c2ccc(Cl)cc2)cc1)N1CCN(CCN(CC)CC)CC1. The lowest BCUT2D eigenvalue weighted by Crippen LogP contribution is -2.53. The molecule has 6 heteroatoms. The molecular weight excluding hydrogens is 446 g/mol. The second-order valence-electron chi connectivity index (χ2n) is 8.98. The van der Waals surface area contributed by atoms with Gasteiger partial charge in [0.1, 0.15) is 5.75 Å². The van der Waals surface area contributed by atoms with Crippen molar-refractivity contribution in [3.05, 3.63) is 64.7 Å². The summed E-state index contributed by atoms with van der Waals surface area (Å²) in [5.41, 5.74) is 1.29. The van der Waals surface area contributed by atoms with Crippen LogP contribution in [0.25, 0.3) is 0 Å². The van der Waals surface area contributed by atoms with Gasteiger partial charge in [0.2, 0.25) is 0 Å². The highest BCUT2D eigenvalue weighted by Crippen LogP contribution is 2.21. The number of benzene rings is 2. The van der Waals surface area contributed by atoms with Gasteiger partial charge in [0.25, 0.3) is 0 Å². The molecule has 186 valence electrons. The molecule has 1 saturated heterocycles. The van der Waals surface area contributed by atoms with Crippen LogP contribution >= 0.6 is 11.6 Å². The first kappa shape index (κ1) is 26.7. The van der Waals surface area contributed by atoms with Crippen LogP contribution in [-0.4, -0.2) is 79.1 Å². The van der Waals surface area contributed by atoms with E-state index in [0.717, 1.165) is 77.4 Å². The number of piperazine rings is 1. The zero-order valence-corrected chi connectivity index (χ0v) is 21.8. The Labute approximate surface area is 210 Å². The summed E-state index contributed by atoms with van der Waals surface area (Å²) in [5, 5.41) is 0.628. The van der Waals surface area contributed by atoms with Crippen molar-refractivity contribution in [2.45, 2.75) is 46.3 Å². The Balaban J connectivity index is 1.56. The quantitative estimate of drug-likeness (QED) is 0.354. The number of hydrogen-bond donors (Lipinski definition) is 0. The normalized spacial score (nSPS) is 16.0. The van der Waals surface area contributed by atoms with E-state index in [9.17, 15) is 4.79 Å². The summed E-state index contributed by atoms with van der Waals surface area (Å²) in [7, 11) is 0. The molecule has 5 nitrogen and oxygen atoms in total. The number of halogens is 1. The minimum atomic E-state index is -0.00779. The van der Waals surface area contributed by atoms with Gasteiger partial charge in [-0.1, -0.05) is 38.8 Å². The Morgan fingerprint density at radius 3 is 2.09 bits per heavy atom. The van der Waals surface area contributed by atoms with Crippen LogP contribution in [0.5, 0.6) is 5.75 Å². The lowest BCUT2D eigenvalue weighted by Gasteiger charge is -2.39. The number of ether oxygens (including phenoxy) is 1. The maximum absolute atomic E-state index is 12.7. The van der Waals surface area contributed by atoms with E-state index >= 15 is 0 Å². The molecule has 1 atom stereocenters. The van der Waals surface area contributed by atoms with E-state index in [1.165, 1.54) is 0 Å². The monoisotopic (exact) mass is 485 g/mol. The first-order chi connectivity index (χ1) is 16.5. The molecular formula is C28H40ClN3O2. The molecule has 0 N–H and O–H groups in total. The van der Waals surface area contributed by atoms with Gasteiger partial charge in [-0.25, -0.2) is 0 Å². The van der Waals surface area contributed by atoms with Gasteiger partial charge in [-0.05, 0) is 74.5 Å². The van der Waals surface area contributed by atoms with Crippen LogP contribution in [0.3, 0.4) is 0 Å². The smallest absolute Gasteiger partial charge is 0.193 e. The highest BCUT2D eigenvalue weighted by molar-refractivity contribution is 6.30.